The van der Waals surface area contributed by atoms with Crippen molar-refractivity contribution in [3.8, 4) is 0 Å². The van der Waals surface area contributed by atoms with Gasteiger partial charge in [0.2, 0.25) is 0 Å². The van der Waals surface area contributed by atoms with Crippen molar-refractivity contribution in [3.63, 3.8) is 0 Å². The molecular weight excluding hydrogens is 220 g/mol. The molecule has 7 heteroatoms. The lowest BCUT2D eigenvalue weighted by atomic mass is 10.4. The van der Waals surface area contributed by atoms with Crippen molar-refractivity contribution >= 4 is 28.6 Å². The minimum atomic E-state index is -0.394. The third-order valence-corrected chi connectivity index (χ3v) is 2.19. The molecule has 0 aliphatic carbocycles. The summed E-state index contributed by atoms with van der Waals surface area (Å²) in [5, 5.41) is 4.90. The van der Waals surface area contributed by atoms with Crippen LogP contribution < -0.4 is 0 Å². The summed E-state index contributed by atoms with van der Waals surface area (Å²) in [7, 11) is 1.32. The Morgan fingerprint density at radius 1 is 1.60 bits per heavy atom. The van der Waals surface area contributed by atoms with E-state index in [0.717, 1.165) is 0 Å². The maximum Gasteiger partial charge on any atom is 0.327 e. The van der Waals surface area contributed by atoms with Gasteiger partial charge in [-0.3, -0.25) is 4.79 Å². The van der Waals surface area contributed by atoms with Crippen LogP contribution in [-0.4, -0.2) is 32.8 Å². The fourth-order valence-corrected chi connectivity index (χ4v) is 1.34. The SMILES string of the molecule is COC(=O)Cn1ncc2c(Cl)ncnc21. The number of carbonyl (C=O) groups is 1. The number of aromatic nitrogens is 4. The van der Waals surface area contributed by atoms with Crippen LogP contribution in [0, 0.1) is 0 Å². The first-order chi connectivity index (χ1) is 7.22. The standard InChI is InChI=1S/C8H7ClN4O2/c1-15-6(14)3-13-8-5(2-12-13)7(9)10-4-11-8/h2,4H,3H2,1H3. The third kappa shape index (κ3) is 1.75. The first-order valence-corrected chi connectivity index (χ1v) is 4.49. The van der Waals surface area contributed by atoms with Crippen molar-refractivity contribution in [1.82, 2.24) is 19.7 Å². The molecule has 0 saturated heterocycles. The van der Waals surface area contributed by atoms with E-state index in [9.17, 15) is 4.79 Å². The second kappa shape index (κ2) is 3.82. The molecule has 0 saturated carbocycles. The number of methoxy groups -OCH3 is 1. The number of carbonyl (C=O) groups excluding carboxylic acids is 1. The van der Waals surface area contributed by atoms with E-state index in [-0.39, 0.29) is 6.54 Å². The Morgan fingerprint density at radius 2 is 2.40 bits per heavy atom. The van der Waals surface area contributed by atoms with Gasteiger partial charge < -0.3 is 4.74 Å². The zero-order valence-electron chi connectivity index (χ0n) is 7.85. The maximum absolute atomic E-state index is 11.0. The van der Waals surface area contributed by atoms with E-state index in [1.54, 1.807) is 0 Å². The summed E-state index contributed by atoms with van der Waals surface area (Å²) in [5.41, 5.74) is 0.514. The average Bonchev–Trinajstić information content (AvgIpc) is 2.63. The van der Waals surface area contributed by atoms with Crippen LogP contribution in [0.2, 0.25) is 5.15 Å². The van der Waals surface area contributed by atoms with Gasteiger partial charge in [0.25, 0.3) is 0 Å². The van der Waals surface area contributed by atoms with Crippen molar-refractivity contribution in [2.45, 2.75) is 6.54 Å². The fourth-order valence-electron chi connectivity index (χ4n) is 1.17. The van der Waals surface area contributed by atoms with E-state index in [1.807, 2.05) is 0 Å². The van der Waals surface area contributed by atoms with Crippen molar-refractivity contribution in [2.24, 2.45) is 0 Å². The molecule has 2 aromatic heterocycles. The highest BCUT2D eigenvalue weighted by Gasteiger charge is 2.10. The summed E-state index contributed by atoms with van der Waals surface area (Å²) in [6.45, 7) is 0.00728. The summed E-state index contributed by atoms with van der Waals surface area (Å²) in [6.07, 6.45) is 2.83. The van der Waals surface area contributed by atoms with Gasteiger partial charge in [0.1, 0.15) is 18.0 Å². The van der Waals surface area contributed by atoms with Crippen LogP contribution in [0.5, 0.6) is 0 Å². The van der Waals surface area contributed by atoms with Gasteiger partial charge in [0.15, 0.2) is 5.65 Å². The van der Waals surface area contributed by atoms with Crippen molar-refractivity contribution in [1.29, 1.82) is 0 Å². The van der Waals surface area contributed by atoms with E-state index in [2.05, 4.69) is 19.8 Å². The van der Waals surface area contributed by atoms with E-state index in [0.29, 0.717) is 16.2 Å². The summed E-state index contributed by atoms with van der Waals surface area (Å²) in [6, 6.07) is 0. The first-order valence-electron chi connectivity index (χ1n) is 4.11. The number of rotatable bonds is 2. The van der Waals surface area contributed by atoms with Crippen LogP contribution in [0.15, 0.2) is 12.5 Å². The lowest BCUT2D eigenvalue weighted by molar-refractivity contribution is -0.141. The van der Waals surface area contributed by atoms with E-state index in [1.165, 1.54) is 24.3 Å². The van der Waals surface area contributed by atoms with Gasteiger partial charge in [0, 0.05) is 0 Å². The Bertz CT molecular complexity index is 510. The smallest absolute Gasteiger partial charge is 0.327 e. The molecular formula is C8H7ClN4O2. The summed E-state index contributed by atoms with van der Waals surface area (Å²) >= 11 is 5.82. The molecule has 0 aliphatic rings. The quantitative estimate of drug-likeness (QED) is 0.556. The molecule has 78 valence electrons. The Kier molecular flexibility index (Phi) is 2.51. The van der Waals surface area contributed by atoms with Crippen LogP contribution >= 0.6 is 11.6 Å². The number of ether oxygens (including phenoxy) is 1. The molecule has 2 heterocycles. The van der Waals surface area contributed by atoms with Crippen molar-refractivity contribution in [2.75, 3.05) is 7.11 Å². The molecule has 0 spiro atoms. The van der Waals surface area contributed by atoms with Gasteiger partial charge >= 0.3 is 5.97 Å². The highest BCUT2D eigenvalue weighted by Crippen LogP contribution is 2.17. The molecule has 0 aromatic carbocycles. The highest BCUT2D eigenvalue weighted by molar-refractivity contribution is 6.33. The molecule has 0 amide bonds. The number of halogens is 1. The minimum Gasteiger partial charge on any atom is -0.468 e. The van der Waals surface area contributed by atoms with E-state index < -0.39 is 5.97 Å². The molecule has 0 N–H and O–H groups in total. The molecule has 0 aliphatic heterocycles. The van der Waals surface area contributed by atoms with E-state index >= 15 is 0 Å². The molecule has 2 aromatic rings. The van der Waals surface area contributed by atoms with Crippen LogP contribution in [0.4, 0.5) is 0 Å². The van der Waals surface area contributed by atoms with Crippen LogP contribution in [-0.2, 0) is 16.1 Å². The summed E-state index contributed by atoms with van der Waals surface area (Å²) in [5.74, 6) is -0.394. The van der Waals surface area contributed by atoms with Gasteiger partial charge in [-0.2, -0.15) is 5.10 Å². The van der Waals surface area contributed by atoms with Crippen LogP contribution in [0.3, 0.4) is 0 Å². The van der Waals surface area contributed by atoms with Gasteiger partial charge in [-0.1, -0.05) is 11.6 Å². The topological polar surface area (TPSA) is 69.9 Å². The minimum absolute atomic E-state index is 0.00728. The Labute approximate surface area is 89.8 Å². The number of esters is 1. The molecule has 6 nitrogen and oxygen atoms in total. The molecule has 15 heavy (non-hydrogen) atoms. The zero-order valence-corrected chi connectivity index (χ0v) is 8.60. The van der Waals surface area contributed by atoms with Crippen molar-refractivity contribution < 1.29 is 9.53 Å². The maximum atomic E-state index is 11.0. The largest absolute Gasteiger partial charge is 0.468 e. The normalized spacial score (nSPS) is 10.5. The highest BCUT2D eigenvalue weighted by atomic mass is 35.5. The molecule has 0 radical (unpaired) electrons. The van der Waals surface area contributed by atoms with Gasteiger partial charge in [-0.25, -0.2) is 14.6 Å². The molecule has 0 bridgehead atoms. The number of nitrogens with zero attached hydrogens (tertiary/aromatic N) is 4. The van der Waals surface area contributed by atoms with Crippen LogP contribution in [0.1, 0.15) is 0 Å². The third-order valence-electron chi connectivity index (χ3n) is 1.89. The second-order valence-corrected chi connectivity index (χ2v) is 3.14. The second-order valence-electron chi connectivity index (χ2n) is 2.78. The summed E-state index contributed by atoms with van der Waals surface area (Å²) in [4.78, 5) is 18.8. The average molecular weight is 227 g/mol. The predicted molar refractivity (Wildman–Crippen MR) is 52.3 cm³/mol. The molecule has 0 atom stereocenters. The van der Waals surface area contributed by atoms with Crippen molar-refractivity contribution in [3.05, 3.63) is 17.7 Å². The van der Waals surface area contributed by atoms with Gasteiger partial charge in [-0.05, 0) is 0 Å². The Hall–Kier alpha value is -1.69. The molecule has 2 rings (SSSR count). The number of hydrogen-bond acceptors (Lipinski definition) is 5. The van der Waals surface area contributed by atoms with Crippen LogP contribution in [0.25, 0.3) is 11.0 Å². The monoisotopic (exact) mass is 226 g/mol. The molecule has 0 fully saturated rings. The summed E-state index contributed by atoms with van der Waals surface area (Å²) < 4.78 is 5.94. The number of fused-ring (bicyclic) bond motifs is 1. The lowest BCUT2D eigenvalue weighted by Crippen LogP contribution is -2.12. The predicted octanol–water partition coefficient (Wildman–Crippen LogP) is 0.653. The molecule has 0 unspecified atom stereocenters. The zero-order chi connectivity index (χ0) is 10.8. The first kappa shape index (κ1) is 9.85. The van der Waals surface area contributed by atoms with E-state index in [4.69, 9.17) is 11.6 Å². The van der Waals surface area contributed by atoms with Gasteiger partial charge in [-0.15, -0.1) is 0 Å². The Balaban J connectivity index is 2.45. The van der Waals surface area contributed by atoms with Gasteiger partial charge in [0.05, 0.1) is 18.7 Å². The fraction of sp³-hybridized carbons (Fsp3) is 0.250. The number of hydrogen-bond donors (Lipinski definition) is 0. The Morgan fingerprint density at radius 3 is 3.13 bits per heavy atom. The lowest BCUT2D eigenvalue weighted by Gasteiger charge is -2.00.